The van der Waals surface area contributed by atoms with Crippen molar-refractivity contribution in [1.82, 2.24) is 0 Å². The van der Waals surface area contributed by atoms with E-state index in [-0.39, 0.29) is 5.56 Å². The van der Waals surface area contributed by atoms with E-state index in [0.29, 0.717) is 6.07 Å². The molecule has 1 aromatic carbocycles. The largest absolute Gasteiger partial charge is 0.323 e. The van der Waals surface area contributed by atoms with E-state index in [0.717, 1.165) is 6.07 Å². The van der Waals surface area contributed by atoms with Gasteiger partial charge in [-0.05, 0) is 18.1 Å². The Morgan fingerprint density at radius 1 is 1.07 bits per heavy atom. The maximum atomic E-state index is 13.0. The van der Waals surface area contributed by atoms with Crippen molar-refractivity contribution in [2.24, 2.45) is 5.73 Å². The zero-order chi connectivity index (χ0) is 11.6. The Morgan fingerprint density at radius 3 is 2.20 bits per heavy atom. The van der Waals surface area contributed by atoms with Gasteiger partial charge in [-0.3, -0.25) is 0 Å². The molecule has 1 atom stereocenters. The molecule has 6 heteroatoms. The Kier molecular flexibility index (Phi) is 3.62. The minimum atomic E-state index is -2.84. The zero-order valence-electron chi connectivity index (χ0n) is 7.48. The summed E-state index contributed by atoms with van der Waals surface area (Å²) in [6.07, 6.45) is -3.38. The van der Waals surface area contributed by atoms with E-state index in [9.17, 15) is 22.0 Å². The molecule has 1 rings (SSSR count). The Bertz CT molecular complexity index is 353. The van der Waals surface area contributed by atoms with E-state index in [1.54, 1.807) is 0 Å². The average molecular weight is 225 g/mol. The van der Waals surface area contributed by atoms with Crippen LogP contribution < -0.4 is 5.73 Å². The van der Waals surface area contributed by atoms with Gasteiger partial charge in [0.15, 0.2) is 17.5 Å². The molecule has 0 aliphatic rings. The number of halogens is 5. The summed E-state index contributed by atoms with van der Waals surface area (Å²) in [5.41, 5.74) is 4.61. The summed E-state index contributed by atoms with van der Waals surface area (Å²) in [6, 6.07) is -0.0218. The van der Waals surface area contributed by atoms with E-state index in [1.807, 2.05) is 0 Å². The third-order valence-electron chi connectivity index (χ3n) is 1.89. The van der Waals surface area contributed by atoms with Crippen LogP contribution in [0.3, 0.4) is 0 Å². The molecule has 84 valence electrons. The molecule has 0 heterocycles. The van der Waals surface area contributed by atoms with Gasteiger partial charge >= 0.3 is 0 Å². The maximum absolute atomic E-state index is 13.0. The molecule has 1 nitrogen and oxygen atoms in total. The van der Waals surface area contributed by atoms with Crippen molar-refractivity contribution in [3.05, 3.63) is 35.1 Å². The summed E-state index contributed by atoms with van der Waals surface area (Å²) in [6.45, 7) is 0. The first kappa shape index (κ1) is 11.9. The summed E-state index contributed by atoms with van der Waals surface area (Å²) in [7, 11) is 0. The van der Waals surface area contributed by atoms with Crippen molar-refractivity contribution in [1.29, 1.82) is 0 Å². The smallest absolute Gasteiger partial charge is 0.253 e. The number of rotatable bonds is 3. The van der Waals surface area contributed by atoms with Crippen molar-refractivity contribution in [3.8, 4) is 0 Å². The second kappa shape index (κ2) is 4.57. The minimum absolute atomic E-state index is 0.360. The average Bonchev–Trinajstić information content (AvgIpc) is 2.18. The fourth-order valence-corrected chi connectivity index (χ4v) is 1.07. The fourth-order valence-electron chi connectivity index (χ4n) is 1.07. The highest BCUT2D eigenvalue weighted by atomic mass is 19.3. The van der Waals surface area contributed by atoms with Gasteiger partial charge in [-0.25, -0.2) is 22.0 Å². The van der Waals surface area contributed by atoms with Crippen LogP contribution in [0.5, 0.6) is 0 Å². The van der Waals surface area contributed by atoms with Crippen molar-refractivity contribution in [2.75, 3.05) is 0 Å². The topological polar surface area (TPSA) is 26.0 Å². The maximum Gasteiger partial charge on any atom is 0.253 e. The van der Waals surface area contributed by atoms with Crippen LogP contribution in [-0.2, 0) is 6.42 Å². The van der Waals surface area contributed by atoms with Gasteiger partial charge in [0.1, 0.15) is 0 Å². The highest BCUT2D eigenvalue weighted by Crippen LogP contribution is 2.17. The zero-order valence-corrected chi connectivity index (χ0v) is 7.48. The van der Waals surface area contributed by atoms with Gasteiger partial charge in [0.2, 0.25) is 0 Å². The highest BCUT2D eigenvalue weighted by molar-refractivity contribution is 5.21. The van der Waals surface area contributed by atoms with Crippen LogP contribution in [0.4, 0.5) is 22.0 Å². The van der Waals surface area contributed by atoms with Crippen molar-refractivity contribution >= 4 is 0 Å². The third kappa shape index (κ3) is 2.65. The van der Waals surface area contributed by atoms with E-state index in [2.05, 4.69) is 0 Å². The molecule has 1 unspecified atom stereocenters. The third-order valence-corrected chi connectivity index (χ3v) is 1.89. The number of benzene rings is 1. The molecule has 0 aliphatic heterocycles. The molecule has 0 fully saturated rings. The molecular weight excluding hydrogens is 217 g/mol. The summed E-state index contributed by atoms with van der Waals surface area (Å²) in [5, 5.41) is 0. The summed E-state index contributed by atoms with van der Waals surface area (Å²) < 4.78 is 62.1. The molecule has 0 radical (unpaired) electrons. The molecule has 15 heavy (non-hydrogen) atoms. The van der Waals surface area contributed by atoms with Gasteiger partial charge in [-0.2, -0.15) is 0 Å². The lowest BCUT2D eigenvalue weighted by Gasteiger charge is -2.11. The van der Waals surface area contributed by atoms with Crippen molar-refractivity contribution < 1.29 is 22.0 Å². The first-order chi connectivity index (χ1) is 6.93. The monoisotopic (exact) mass is 225 g/mol. The molecule has 0 amide bonds. The quantitative estimate of drug-likeness (QED) is 0.619. The standard InChI is InChI=1S/C9H8F5N/c10-5-2-1-4(7(11)8(5)12)3-6(15)9(13)14/h1-2,6,9H,3,15H2. The SMILES string of the molecule is NC(Cc1ccc(F)c(F)c1F)C(F)F. The fraction of sp³-hybridized carbons (Fsp3) is 0.333. The molecule has 0 spiro atoms. The Balaban J connectivity index is 2.92. The van der Waals surface area contributed by atoms with Crippen LogP contribution in [0.15, 0.2) is 12.1 Å². The molecular formula is C9H8F5N. The summed E-state index contributed by atoms with van der Waals surface area (Å²) >= 11 is 0. The van der Waals surface area contributed by atoms with Crippen molar-refractivity contribution in [3.63, 3.8) is 0 Å². The lowest BCUT2D eigenvalue weighted by atomic mass is 10.1. The molecule has 0 bridgehead atoms. The van der Waals surface area contributed by atoms with E-state index >= 15 is 0 Å². The van der Waals surface area contributed by atoms with Gasteiger partial charge in [-0.15, -0.1) is 0 Å². The van der Waals surface area contributed by atoms with Crippen LogP contribution >= 0.6 is 0 Å². The predicted molar refractivity (Wildman–Crippen MR) is 44.0 cm³/mol. The first-order valence-electron chi connectivity index (χ1n) is 4.09. The number of hydrogen-bond donors (Lipinski definition) is 1. The van der Waals surface area contributed by atoms with Gasteiger partial charge < -0.3 is 5.73 Å². The lowest BCUT2D eigenvalue weighted by Crippen LogP contribution is -2.31. The van der Waals surface area contributed by atoms with E-state index in [4.69, 9.17) is 5.73 Å². The molecule has 0 saturated heterocycles. The highest BCUT2D eigenvalue weighted by Gasteiger charge is 2.20. The van der Waals surface area contributed by atoms with Gasteiger partial charge in [0.05, 0.1) is 6.04 Å². The van der Waals surface area contributed by atoms with E-state index < -0.39 is 36.3 Å². The number of hydrogen-bond acceptors (Lipinski definition) is 1. The molecule has 0 aromatic heterocycles. The molecule has 2 N–H and O–H groups in total. The first-order valence-corrected chi connectivity index (χ1v) is 4.09. The van der Waals surface area contributed by atoms with Gasteiger partial charge in [0.25, 0.3) is 6.43 Å². The molecule has 0 aliphatic carbocycles. The second-order valence-electron chi connectivity index (χ2n) is 3.04. The predicted octanol–water partition coefficient (Wildman–Crippen LogP) is 2.24. The summed E-state index contributed by atoms with van der Waals surface area (Å²) in [5.74, 6) is -4.50. The van der Waals surface area contributed by atoms with Crippen LogP contribution in [0.2, 0.25) is 0 Å². The second-order valence-corrected chi connectivity index (χ2v) is 3.04. The van der Waals surface area contributed by atoms with Gasteiger partial charge in [0, 0.05) is 0 Å². The van der Waals surface area contributed by atoms with Crippen LogP contribution in [0.25, 0.3) is 0 Å². The lowest BCUT2D eigenvalue weighted by molar-refractivity contribution is 0.115. The Morgan fingerprint density at radius 2 is 1.67 bits per heavy atom. The summed E-state index contributed by atoms with van der Waals surface area (Å²) in [4.78, 5) is 0. The van der Waals surface area contributed by atoms with E-state index in [1.165, 1.54) is 0 Å². The van der Waals surface area contributed by atoms with Gasteiger partial charge in [-0.1, -0.05) is 6.07 Å². The van der Waals surface area contributed by atoms with Crippen LogP contribution in [-0.4, -0.2) is 12.5 Å². The Hall–Kier alpha value is -1.17. The number of nitrogens with two attached hydrogens (primary N) is 1. The Labute approximate surface area is 82.7 Å². The van der Waals surface area contributed by atoms with Crippen LogP contribution in [0, 0.1) is 17.5 Å². The normalized spacial score (nSPS) is 13.3. The minimum Gasteiger partial charge on any atom is -0.323 e. The van der Waals surface area contributed by atoms with Crippen LogP contribution in [0.1, 0.15) is 5.56 Å². The van der Waals surface area contributed by atoms with Crippen molar-refractivity contribution in [2.45, 2.75) is 18.9 Å². The number of alkyl halides is 2. The molecule has 0 saturated carbocycles. The molecule has 1 aromatic rings.